The Morgan fingerprint density at radius 2 is 1.34 bits per heavy atom. The van der Waals surface area contributed by atoms with Crippen molar-refractivity contribution in [1.82, 2.24) is 0 Å². The SMILES string of the molecule is CCC(OC(C)=O)C(CCCCCCCCCCCCCC(=O)O)OCc1ccccc1. The van der Waals surface area contributed by atoms with Crippen LogP contribution in [0.15, 0.2) is 30.3 Å². The molecule has 182 valence electrons. The molecular formula is C27H44O5. The van der Waals surface area contributed by atoms with Crippen molar-refractivity contribution in [2.75, 3.05) is 0 Å². The number of carboxylic acid groups (broad SMARTS) is 1. The smallest absolute Gasteiger partial charge is 0.303 e. The Kier molecular flexibility index (Phi) is 16.4. The van der Waals surface area contributed by atoms with E-state index in [1.807, 2.05) is 25.1 Å². The maximum Gasteiger partial charge on any atom is 0.303 e. The van der Waals surface area contributed by atoms with Crippen molar-refractivity contribution in [2.45, 2.75) is 123 Å². The fourth-order valence-electron chi connectivity index (χ4n) is 4.00. The molecule has 0 fully saturated rings. The minimum absolute atomic E-state index is 0.0646. The van der Waals surface area contributed by atoms with Crippen LogP contribution in [-0.2, 0) is 25.7 Å². The number of carbonyl (C=O) groups excluding carboxylic acids is 1. The second kappa shape index (κ2) is 18.7. The first-order valence-electron chi connectivity index (χ1n) is 12.6. The molecule has 1 N–H and O–H groups in total. The molecule has 32 heavy (non-hydrogen) atoms. The highest BCUT2D eigenvalue weighted by Gasteiger charge is 2.23. The molecule has 0 radical (unpaired) electrons. The zero-order chi connectivity index (χ0) is 23.4. The first kappa shape index (κ1) is 28.2. The Morgan fingerprint density at radius 1 is 0.812 bits per heavy atom. The molecule has 0 spiro atoms. The van der Waals surface area contributed by atoms with E-state index in [0.29, 0.717) is 13.0 Å². The van der Waals surface area contributed by atoms with Crippen LogP contribution in [0.5, 0.6) is 0 Å². The van der Waals surface area contributed by atoms with Gasteiger partial charge in [0.05, 0.1) is 12.7 Å². The monoisotopic (exact) mass is 448 g/mol. The summed E-state index contributed by atoms with van der Waals surface area (Å²) in [7, 11) is 0. The summed E-state index contributed by atoms with van der Waals surface area (Å²) in [4.78, 5) is 22.0. The van der Waals surface area contributed by atoms with Crippen molar-refractivity contribution < 1.29 is 24.2 Å². The molecule has 2 unspecified atom stereocenters. The fourth-order valence-corrected chi connectivity index (χ4v) is 4.00. The molecule has 1 aromatic carbocycles. The number of hydrogen-bond donors (Lipinski definition) is 1. The highest BCUT2D eigenvalue weighted by atomic mass is 16.6. The van der Waals surface area contributed by atoms with Gasteiger partial charge in [0, 0.05) is 13.3 Å². The number of carbonyl (C=O) groups is 2. The zero-order valence-corrected chi connectivity index (χ0v) is 20.2. The number of unbranched alkanes of at least 4 members (excludes halogenated alkanes) is 10. The normalized spacial score (nSPS) is 12.9. The molecule has 5 heteroatoms. The van der Waals surface area contributed by atoms with Gasteiger partial charge >= 0.3 is 11.9 Å². The molecular weight excluding hydrogens is 404 g/mol. The molecule has 5 nitrogen and oxygen atoms in total. The van der Waals surface area contributed by atoms with Gasteiger partial charge in [-0.05, 0) is 24.8 Å². The second-order valence-corrected chi connectivity index (χ2v) is 8.71. The van der Waals surface area contributed by atoms with Crippen LogP contribution in [-0.4, -0.2) is 29.3 Å². The van der Waals surface area contributed by atoms with Crippen molar-refractivity contribution in [1.29, 1.82) is 0 Å². The molecule has 0 amide bonds. The van der Waals surface area contributed by atoms with E-state index in [-0.39, 0.29) is 18.2 Å². The van der Waals surface area contributed by atoms with Gasteiger partial charge in [0.25, 0.3) is 0 Å². The lowest BCUT2D eigenvalue weighted by Crippen LogP contribution is -2.32. The summed E-state index contributed by atoms with van der Waals surface area (Å²) in [5, 5.41) is 8.63. The summed E-state index contributed by atoms with van der Waals surface area (Å²) in [5.74, 6) is -0.928. The van der Waals surface area contributed by atoms with Gasteiger partial charge in [-0.1, -0.05) is 101 Å². The molecule has 0 aliphatic rings. The Morgan fingerprint density at radius 3 is 1.84 bits per heavy atom. The van der Waals surface area contributed by atoms with Gasteiger partial charge in [-0.3, -0.25) is 9.59 Å². The van der Waals surface area contributed by atoms with E-state index in [0.717, 1.165) is 44.1 Å². The van der Waals surface area contributed by atoms with E-state index >= 15 is 0 Å². The number of carboxylic acids is 1. The van der Waals surface area contributed by atoms with E-state index in [2.05, 4.69) is 12.1 Å². The summed E-state index contributed by atoms with van der Waals surface area (Å²) >= 11 is 0. The molecule has 0 heterocycles. The summed E-state index contributed by atoms with van der Waals surface area (Å²) in [6.07, 6.45) is 14.5. The third-order valence-electron chi connectivity index (χ3n) is 5.82. The van der Waals surface area contributed by atoms with Crippen molar-refractivity contribution in [2.24, 2.45) is 0 Å². The first-order chi connectivity index (χ1) is 15.5. The fraction of sp³-hybridized carbons (Fsp3) is 0.704. The highest BCUT2D eigenvalue weighted by molar-refractivity contribution is 5.66. The average Bonchev–Trinajstić information content (AvgIpc) is 2.77. The summed E-state index contributed by atoms with van der Waals surface area (Å²) in [5.41, 5.74) is 1.14. The third kappa shape index (κ3) is 15.0. The van der Waals surface area contributed by atoms with Gasteiger partial charge in [-0.15, -0.1) is 0 Å². The lowest BCUT2D eigenvalue weighted by Gasteiger charge is -2.26. The molecule has 1 aromatic rings. The molecule has 0 aliphatic heterocycles. The zero-order valence-electron chi connectivity index (χ0n) is 20.2. The molecule has 0 saturated heterocycles. The van der Waals surface area contributed by atoms with E-state index in [1.54, 1.807) is 0 Å². The van der Waals surface area contributed by atoms with Crippen LogP contribution in [0.4, 0.5) is 0 Å². The van der Waals surface area contributed by atoms with Crippen molar-refractivity contribution in [3.63, 3.8) is 0 Å². The topological polar surface area (TPSA) is 72.8 Å². The van der Waals surface area contributed by atoms with E-state index in [1.165, 1.54) is 51.9 Å². The van der Waals surface area contributed by atoms with E-state index in [9.17, 15) is 9.59 Å². The number of hydrogen-bond acceptors (Lipinski definition) is 4. The second-order valence-electron chi connectivity index (χ2n) is 8.71. The van der Waals surface area contributed by atoms with Crippen LogP contribution in [0.3, 0.4) is 0 Å². The predicted octanol–water partition coefficient (Wildman–Crippen LogP) is 7.07. The molecule has 0 aliphatic carbocycles. The third-order valence-corrected chi connectivity index (χ3v) is 5.82. The van der Waals surface area contributed by atoms with Gasteiger partial charge in [-0.25, -0.2) is 0 Å². The quantitative estimate of drug-likeness (QED) is 0.171. The Hall–Kier alpha value is -1.88. The minimum atomic E-state index is -0.685. The number of benzene rings is 1. The molecule has 0 aromatic heterocycles. The Balaban J connectivity index is 2.17. The maximum absolute atomic E-state index is 11.5. The molecule has 0 saturated carbocycles. The van der Waals surface area contributed by atoms with Gasteiger partial charge in [-0.2, -0.15) is 0 Å². The molecule has 1 rings (SSSR count). The van der Waals surface area contributed by atoms with E-state index in [4.69, 9.17) is 14.6 Å². The van der Waals surface area contributed by atoms with E-state index < -0.39 is 5.97 Å². The lowest BCUT2D eigenvalue weighted by atomic mass is 10.0. The highest BCUT2D eigenvalue weighted by Crippen LogP contribution is 2.19. The van der Waals surface area contributed by atoms with Gasteiger partial charge < -0.3 is 14.6 Å². The Bertz CT molecular complexity index is 601. The van der Waals surface area contributed by atoms with Gasteiger partial charge in [0.2, 0.25) is 0 Å². The number of ether oxygens (including phenoxy) is 2. The molecule has 2 atom stereocenters. The first-order valence-corrected chi connectivity index (χ1v) is 12.6. The Labute approximate surface area is 194 Å². The van der Waals surface area contributed by atoms with Crippen LogP contribution in [0.25, 0.3) is 0 Å². The summed E-state index contributed by atoms with van der Waals surface area (Å²) in [6, 6.07) is 10.1. The maximum atomic E-state index is 11.5. The number of esters is 1. The van der Waals surface area contributed by atoms with Gasteiger partial charge in [0.1, 0.15) is 6.10 Å². The minimum Gasteiger partial charge on any atom is -0.481 e. The van der Waals surface area contributed by atoms with Crippen LogP contribution >= 0.6 is 0 Å². The number of rotatable bonds is 20. The average molecular weight is 449 g/mol. The molecule has 0 bridgehead atoms. The van der Waals surface area contributed by atoms with Gasteiger partial charge in [0.15, 0.2) is 0 Å². The predicted molar refractivity (Wildman–Crippen MR) is 129 cm³/mol. The van der Waals surface area contributed by atoms with Crippen LogP contribution in [0.2, 0.25) is 0 Å². The summed E-state index contributed by atoms with van der Waals surface area (Å²) in [6.45, 7) is 4.05. The summed E-state index contributed by atoms with van der Waals surface area (Å²) < 4.78 is 11.7. The van der Waals surface area contributed by atoms with Crippen LogP contribution < -0.4 is 0 Å². The lowest BCUT2D eigenvalue weighted by molar-refractivity contribution is -0.156. The standard InChI is InChI=1S/C27H44O5/c1-3-25(32-23(2)28)26(31-22-24-18-14-13-15-19-24)20-16-11-9-7-5-4-6-8-10-12-17-21-27(29)30/h13-15,18-19,25-26H,3-12,16-17,20-22H2,1-2H3,(H,29,30). The van der Waals surface area contributed by atoms with Crippen LogP contribution in [0.1, 0.15) is 109 Å². The number of aliphatic carboxylic acids is 1. The van der Waals surface area contributed by atoms with Crippen molar-refractivity contribution >= 4 is 11.9 Å². The van der Waals surface area contributed by atoms with Crippen molar-refractivity contribution in [3.05, 3.63) is 35.9 Å². The van der Waals surface area contributed by atoms with Crippen LogP contribution in [0, 0.1) is 0 Å². The largest absolute Gasteiger partial charge is 0.481 e. The van der Waals surface area contributed by atoms with Crippen molar-refractivity contribution in [3.8, 4) is 0 Å².